The van der Waals surface area contributed by atoms with Crippen LogP contribution in [-0.4, -0.2) is 50.1 Å². The molecule has 0 bridgehead atoms. The molecular formula is C28H27FN4O4. The van der Waals surface area contributed by atoms with Crippen LogP contribution in [-0.2, 0) is 46.4 Å². The Morgan fingerprint density at radius 3 is 2.73 bits per heavy atom. The first-order chi connectivity index (χ1) is 17.7. The molecule has 9 heteroatoms. The van der Waals surface area contributed by atoms with Crippen molar-refractivity contribution in [1.82, 2.24) is 19.6 Å². The van der Waals surface area contributed by atoms with Gasteiger partial charge in [-0.05, 0) is 60.6 Å². The molecule has 0 N–H and O–H groups in total. The van der Waals surface area contributed by atoms with E-state index in [1.54, 1.807) is 21.8 Å². The van der Waals surface area contributed by atoms with Crippen molar-refractivity contribution < 1.29 is 23.5 Å². The number of carbonyl (C=O) groups is 3. The second kappa shape index (κ2) is 8.54. The maximum atomic E-state index is 13.7. The lowest BCUT2D eigenvalue weighted by Crippen LogP contribution is -2.46. The topological polar surface area (TPSA) is 84.7 Å². The van der Waals surface area contributed by atoms with Gasteiger partial charge in [-0.2, -0.15) is 5.10 Å². The molecule has 190 valence electrons. The van der Waals surface area contributed by atoms with Gasteiger partial charge in [0.25, 0.3) is 5.91 Å². The molecule has 3 aromatic rings. The number of hydrogen-bond acceptors (Lipinski definition) is 5. The van der Waals surface area contributed by atoms with Gasteiger partial charge in [-0.25, -0.2) is 14.1 Å². The van der Waals surface area contributed by atoms with Crippen LogP contribution in [0, 0.1) is 5.82 Å². The first kappa shape index (κ1) is 23.4. The van der Waals surface area contributed by atoms with Gasteiger partial charge >= 0.3 is 6.09 Å². The monoisotopic (exact) mass is 502 g/mol. The minimum atomic E-state index is -1.39. The number of aromatic nitrogens is 2. The zero-order valence-corrected chi connectivity index (χ0v) is 20.7. The lowest BCUT2D eigenvalue weighted by molar-refractivity contribution is -0.143. The van der Waals surface area contributed by atoms with Crippen LogP contribution in [0.3, 0.4) is 0 Å². The average Bonchev–Trinajstić information content (AvgIpc) is 3.50. The number of benzene rings is 2. The Labute approximate surface area is 213 Å². The summed E-state index contributed by atoms with van der Waals surface area (Å²) < 4.78 is 21.2. The SMILES string of the molecule is C[C@@H]1CCc2cc(F)ccc2CN1C(=O)CN1C(=O)OC2(CCc3cc(-c4cnn(C)c4)ccc32)C1=O. The summed E-state index contributed by atoms with van der Waals surface area (Å²) in [4.78, 5) is 42.5. The van der Waals surface area contributed by atoms with Crippen molar-refractivity contribution in [1.29, 1.82) is 0 Å². The third-order valence-electron chi connectivity index (χ3n) is 7.88. The maximum Gasteiger partial charge on any atom is 0.418 e. The molecular weight excluding hydrogens is 475 g/mol. The Kier molecular flexibility index (Phi) is 5.40. The number of carbonyl (C=O) groups excluding carboxylic acids is 3. The van der Waals surface area contributed by atoms with E-state index < -0.39 is 17.6 Å². The Balaban J connectivity index is 1.23. The van der Waals surface area contributed by atoms with Gasteiger partial charge in [0.1, 0.15) is 12.4 Å². The van der Waals surface area contributed by atoms with E-state index in [2.05, 4.69) is 5.10 Å². The summed E-state index contributed by atoms with van der Waals surface area (Å²) >= 11 is 0. The fraction of sp³-hybridized carbons (Fsp3) is 0.357. The third-order valence-corrected chi connectivity index (χ3v) is 7.88. The summed E-state index contributed by atoms with van der Waals surface area (Å²) in [6, 6.07) is 10.2. The first-order valence-electron chi connectivity index (χ1n) is 12.5. The minimum absolute atomic E-state index is 0.122. The number of imide groups is 1. The predicted octanol–water partition coefficient (Wildman–Crippen LogP) is 3.71. The summed E-state index contributed by atoms with van der Waals surface area (Å²) in [5.41, 5.74) is 3.92. The second-order valence-electron chi connectivity index (χ2n) is 10.2. The molecule has 1 unspecified atom stereocenters. The number of amides is 3. The molecule has 1 aromatic heterocycles. The van der Waals surface area contributed by atoms with Gasteiger partial charge in [0.2, 0.25) is 11.5 Å². The van der Waals surface area contributed by atoms with Crippen LogP contribution < -0.4 is 0 Å². The highest BCUT2D eigenvalue weighted by Crippen LogP contribution is 2.46. The maximum absolute atomic E-state index is 13.7. The molecule has 1 spiro atoms. The summed E-state index contributed by atoms with van der Waals surface area (Å²) in [5, 5.41) is 4.22. The highest BCUT2D eigenvalue weighted by Gasteiger charge is 2.58. The number of aryl methyl sites for hydroxylation is 3. The Bertz CT molecular complexity index is 1450. The molecule has 3 amide bonds. The van der Waals surface area contributed by atoms with Gasteiger partial charge in [0, 0.05) is 43.4 Å². The molecule has 8 nitrogen and oxygen atoms in total. The molecule has 37 heavy (non-hydrogen) atoms. The summed E-state index contributed by atoms with van der Waals surface area (Å²) in [6.45, 7) is 1.85. The normalized spacial score (nSPS) is 22.7. The van der Waals surface area contributed by atoms with Crippen molar-refractivity contribution in [3.63, 3.8) is 0 Å². The van der Waals surface area contributed by atoms with E-state index in [1.807, 2.05) is 38.4 Å². The van der Waals surface area contributed by atoms with Crippen molar-refractivity contribution >= 4 is 17.9 Å². The zero-order valence-electron chi connectivity index (χ0n) is 20.7. The molecule has 1 saturated heterocycles. The molecule has 1 fully saturated rings. The molecule has 2 aromatic carbocycles. The standard InChI is InChI=1S/C28H27FN4O4/c1-17-3-4-19-12-23(29)7-5-21(19)15-32(17)25(34)16-33-26(35)28(37-27(33)36)10-9-20-11-18(6-8-24(20)28)22-13-30-31(2)14-22/h5-8,11-14,17H,3-4,9-10,15-16H2,1-2H3/t17-,28?/m1/s1. The molecule has 0 saturated carbocycles. The largest absolute Gasteiger partial charge is 0.427 e. The number of hydrogen-bond donors (Lipinski definition) is 0. The van der Waals surface area contributed by atoms with Crippen LogP contribution in [0.4, 0.5) is 9.18 Å². The van der Waals surface area contributed by atoms with Crippen LogP contribution in [0.25, 0.3) is 11.1 Å². The van der Waals surface area contributed by atoms with Crippen LogP contribution in [0.15, 0.2) is 48.8 Å². The van der Waals surface area contributed by atoms with Gasteiger partial charge in [-0.15, -0.1) is 0 Å². The van der Waals surface area contributed by atoms with Crippen molar-refractivity contribution in [2.75, 3.05) is 6.54 Å². The lowest BCUT2D eigenvalue weighted by atomic mass is 9.93. The van der Waals surface area contributed by atoms with Gasteiger partial charge < -0.3 is 9.64 Å². The van der Waals surface area contributed by atoms with Crippen LogP contribution in [0.1, 0.15) is 42.0 Å². The average molecular weight is 503 g/mol. The number of halogens is 1. The highest BCUT2D eigenvalue weighted by molar-refractivity contribution is 6.06. The molecule has 1 aliphatic carbocycles. The van der Waals surface area contributed by atoms with E-state index in [0.717, 1.165) is 32.7 Å². The van der Waals surface area contributed by atoms with Crippen LogP contribution >= 0.6 is 0 Å². The molecule has 0 radical (unpaired) electrons. The van der Waals surface area contributed by atoms with Crippen LogP contribution in [0.5, 0.6) is 0 Å². The predicted molar refractivity (Wildman–Crippen MR) is 132 cm³/mol. The lowest BCUT2D eigenvalue weighted by Gasteiger charge is -2.28. The first-order valence-corrected chi connectivity index (χ1v) is 12.5. The smallest absolute Gasteiger partial charge is 0.418 e. The number of rotatable bonds is 3. The summed E-state index contributed by atoms with van der Waals surface area (Å²) in [7, 11) is 1.85. The Hall–Kier alpha value is -4.01. The molecule has 2 aliphatic heterocycles. The van der Waals surface area contributed by atoms with Crippen molar-refractivity contribution in [2.24, 2.45) is 7.05 Å². The van der Waals surface area contributed by atoms with Crippen molar-refractivity contribution in [3.8, 4) is 11.1 Å². The van der Waals surface area contributed by atoms with E-state index in [0.29, 0.717) is 37.8 Å². The van der Waals surface area contributed by atoms with Gasteiger partial charge in [0.15, 0.2) is 0 Å². The molecule has 3 aliphatic rings. The minimum Gasteiger partial charge on any atom is -0.427 e. The van der Waals surface area contributed by atoms with Gasteiger partial charge in [-0.1, -0.05) is 24.3 Å². The van der Waals surface area contributed by atoms with E-state index in [-0.39, 0.29) is 24.3 Å². The van der Waals surface area contributed by atoms with E-state index in [9.17, 15) is 18.8 Å². The third kappa shape index (κ3) is 3.80. The van der Waals surface area contributed by atoms with Crippen molar-refractivity contribution in [2.45, 2.75) is 50.8 Å². The second-order valence-corrected chi connectivity index (χ2v) is 10.2. The summed E-state index contributed by atoms with van der Waals surface area (Å²) in [5.74, 6) is -1.13. The van der Waals surface area contributed by atoms with Crippen molar-refractivity contribution in [3.05, 3.63) is 76.9 Å². The van der Waals surface area contributed by atoms with Gasteiger partial charge in [-0.3, -0.25) is 14.3 Å². The Morgan fingerprint density at radius 2 is 1.95 bits per heavy atom. The van der Waals surface area contributed by atoms with E-state index in [1.165, 1.54) is 12.1 Å². The molecule has 6 rings (SSSR count). The van der Waals surface area contributed by atoms with E-state index >= 15 is 0 Å². The number of fused-ring (bicyclic) bond motifs is 3. The fourth-order valence-electron chi connectivity index (χ4n) is 5.80. The van der Waals surface area contributed by atoms with E-state index in [4.69, 9.17) is 4.74 Å². The summed E-state index contributed by atoms with van der Waals surface area (Å²) in [6.07, 6.45) is 5.14. The molecule has 2 atom stereocenters. The molecule has 3 heterocycles. The van der Waals surface area contributed by atoms with Crippen LogP contribution in [0.2, 0.25) is 0 Å². The quantitative estimate of drug-likeness (QED) is 0.545. The van der Waals surface area contributed by atoms with Gasteiger partial charge in [0.05, 0.1) is 6.20 Å². The number of nitrogens with zero attached hydrogens (tertiary/aromatic N) is 4. The number of ether oxygens (including phenoxy) is 1. The highest BCUT2D eigenvalue weighted by atomic mass is 19.1. The zero-order chi connectivity index (χ0) is 25.9. The fourth-order valence-corrected chi connectivity index (χ4v) is 5.80. The Morgan fingerprint density at radius 1 is 1.11 bits per heavy atom.